The molecule has 0 radical (unpaired) electrons. The summed E-state index contributed by atoms with van der Waals surface area (Å²) in [7, 11) is -12.2. The Labute approximate surface area is 222 Å². The van der Waals surface area contributed by atoms with Crippen molar-refractivity contribution in [3.8, 4) is 17.2 Å². The molecular formula is C25H27NO9S3. The highest BCUT2D eigenvalue weighted by Crippen LogP contribution is 2.26. The lowest BCUT2D eigenvalue weighted by Crippen LogP contribution is -2.30. The summed E-state index contributed by atoms with van der Waals surface area (Å²) in [5.41, 5.74) is 0. The largest absolute Gasteiger partial charge is 0.508 e. The van der Waals surface area contributed by atoms with Crippen molar-refractivity contribution in [1.29, 1.82) is 0 Å². The van der Waals surface area contributed by atoms with Gasteiger partial charge in [-0.05, 0) is 91.6 Å². The molecule has 1 saturated carbocycles. The number of benzene rings is 3. The lowest BCUT2D eigenvalue weighted by atomic mass is 9.90. The monoisotopic (exact) mass is 581 g/mol. The Kier molecular flexibility index (Phi) is 8.31. The van der Waals surface area contributed by atoms with Crippen LogP contribution in [-0.4, -0.2) is 36.9 Å². The molecule has 3 aromatic rings. The highest BCUT2D eigenvalue weighted by Gasteiger charge is 2.22. The second-order valence-electron chi connectivity index (χ2n) is 8.87. The van der Waals surface area contributed by atoms with Gasteiger partial charge in [-0.15, -0.1) is 0 Å². The van der Waals surface area contributed by atoms with Crippen LogP contribution in [0.4, 0.5) is 0 Å². The molecule has 1 aliphatic carbocycles. The fourth-order valence-electron chi connectivity index (χ4n) is 4.00. The van der Waals surface area contributed by atoms with Gasteiger partial charge in [0.1, 0.15) is 27.0 Å². The maximum absolute atomic E-state index is 12.7. The van der Waals surface area contributed by atoms with Gasteiger partial charge in [0.2, 0.25) is 10.0 Å². The van der Waals surface area contributed by atoms with Gasteiger partial charge in [-0.25, -0.2) is 13.1 Å². The second-order valence-corrected chi connectivity index (χ2v) is 13.7. The normalized spacial score (nSPS) is 15.2. The van der Waals surface area contributed by atoms with Gasteiger partial charge in [-0.1, -0.05) is 19.3 Å². The zero-order valence-electron chi connectivity index (χ0n) is 20.2. The first kappa shape index (κ1) is 27.9. The van der Waals surface area contributed by atoms with Crippen LogP contribution in [0.1, 0.15) is 32.1 Å². The molecule has 0 heterocycles. The van der Waals surface area contributed by atoms with Crippen molar-refractivity contribution in [2.45, 2.75) is 46.8 Å². The molecule has 204 valence electrons. The zero-order valence-corrected chi connectivity index (χ0v) is 22.6. The summed E-state index contributed by atoms with van der Waals surface area (Å²) in [5.74, 6) is -0.0177. The molecule has 1 aliphatic rings. The summed E-state index contributed by atoms with van der Waals surface area (Å²) in [4.78, 5) is -0.461. The summed E-state index contributed by atoms with van der Waals surface area (Å²) >= 11 is 0. The van der Waals surface area contributed by atoms with Gasteiger partial charge < -0.3 is 13.5 Å². The third-order valence-electron chi connectivity index (χ3n) is 6.07. The molecule has 1 fully saturated rings. The Balaban J connectivity index is 1.39. The van der Waals surface area contributed by atoms with E-state index in [1.807, 2.05) is 0 Å². The van der Waals surface area contributed by atoms with Crippen LogP contribution in [-0.2, 0) is 30.3 Å². The van der Waals surface area contributed by atoms with Gasteiger partial charge >= 0.3 is 20.2 Å². The SMILES string of the molecule is O=S(=O)(NCC1CCCCC1)c1ccc(OS(=O)(=O)c2ccc(OS(=O)(=O)c3ccc(O)cc3)cc2)cc1. The Bertz CT molecular complexity index is 1560. The van der Waals surface area contributed by atoms with Crippen molar-refractivity contribution in [3.05, 3.63) is 72.8 Å². The van der Waals surface area contributed by atoms with E-state index in [9.17, 15) is 30.4 Å². The van der Waals surface area contributed by atoms with Crippen molar-refractivity contribution >= 4 is 30.3 Å². The number of aromatic hydroxyl groups is 1. The van der Waals surface area contributed by atoms with E-state index in [-0.39, 0.29) is 31.9 Å². The Hall–Kier alpha value is -3.13. The smallest absolute Gasteiger partial charge is 0.339 e. The molecule has 3 aromatic carbocycles. The molecule has 2 N–H and O–H groups in total. The molecule has 0 spiro atoms. The molecule has 0 atom stereocenters. The minimum atomic E-state index is -4.30. The predicted octanol–water partition coefficient (Wildman–Crippen LogP) is 3.79. The molecule has 0 bridgehead atoms. The molecule has 0 saturated heterocycles. The first-order valence-corrected chi connectivity index (χ1v) is 16.1. The van der Waals surface area contributed by atoms with E-state index < -0.39 is 30.3 Å². The van der Waals surface area contributed by atoms with E-state index in [2.05, 4.69) is 4.72 Å². The van der Waals surface area contributed by atoms with Crippen LogP contribution < -0.4 is 13.1 Å². The molecular weight excluding hydrogens is 554 g/mol. The minimum Gasteiger partial charge on any atom is -0.508 e. The second kappa shape index (κ2) is 11.3. The van der Waals surface area contributed by atoms with Gasteiger partial charge in [0.25, 0.3) is 0 Å². The van der Waals surface area contributed by atoms with Crippen LogP contribution in [0.5, 0.6) is 17.2 Å². The Morgan fingerprint density at radius 3 is 1.53 bits per heavy atom. The first-order valence-electron chi connectivity index (χ1n) is 11.8. The average molecular weight is 582 g/mol. The molecule has 38 heavy (non-hydrogen) atoms. The summed E-state index contributed by atoms with van der Waals surface area (Å²) in [6.45, 7) is 0.366. The minimum absolute atomic E-state index is 0.00519. The fraction of sp³-hybridized carbons (Fsp3) is 0.280. The maximum Gasteiger partial charge on any atom is 0.339 e. The topological polar surface area (TPSA) is 153 Å². The van der Waals surface area contributed by atoms with Gasteiger partial charge in [0, 0.05) is 6.54 Å². The van der Waals surface area contributed by atoms with Crippen LogP contribution >= 0.6 is 0 Å². The fourth-order valence-corrected chi connectivity index (χ4v) is 6.98. The van der Waals surface area contributed by atoms with E-state index in [1.54, 1.807) is 0 Å². The van der Waals surface area contributed by atoms with E-state index in [4.69, 9.17) is 8.37 Å². The molecule has 4 rings (SSSR count). The van der Waals surface area contributed by atoms with Crippen LogP contribution in [0.25, 0.3) is 0 Å². The average Bonchev–Trinajstić information content (AvgIpc) is 2.89. The Morgan fingerprint density at radius 1 is 0.632 bits per heavy atom. The summed E-state index contributed by atoms with van der Waals surface area (Å²) in [5, 5.41) is 9.31. The van der Waals surface area contributed by atoms with E-state index in [0.29, 0.717) is 12.5 Å². The van der Waals surface area contributed by atoms with Crippen LogP contribution in [0, 0.1) is 5.92 Å². The number of rotatable bonds is 10. The summed E-state index contributed by atoms with van der Waals surface area (Å²) < 4.78 is 88.0. The van der Waals surface area contributed by atoms with Crippen molar-refractivity contribution in [1.82, 2.24) is 4.72 Å². The molecule has 0 amide bonds. The number of nitrogens with one attached hydrogen (secondary N) is 1. The molecule has 10 nitrogen and oxygen atoms in total. The standard InChI is InChI=1S/C25H27NO9S3/c27-20-6-12-24(13-7-20)37(30,31)35-22-10-16-25(17-11-22)38(32,33)34-21-8-14-23(15-9-21)36(28,29)26-18-19-4-2-1-3-5-19/h6-17,19,26-27H,1-5,18H2. The van der Waals surface area contributed by atoms with Gasteiger partial charge in [0.15, 0.2) is 0 Å². The van der Waals surface area contributed by atoms with Crippen molar-refractivity contribution in [2.24, 2.45) is 5.92 Å². The van der Waals surface area contributed by atoms with Gasteiger partial charge in [-0.2, -0.15) is 16.8 Å². The van der Waals surface area contributed by atoms with E-state index in [1.165, 1.54) is 55.0 Å². The van der Waals surface area contributed by atoms with Crippen molar-refractivity contribution in [3.63, 3.8) is 0 Å². The van der Waals surface area contributed by atoms with Crippen LogP contribution in [0.15, 0.2) is 87.5 Å². The van der Waals surface area contributed by atoms with Crippen LogP contribution in [0.2, 0.25) is 0 Å². The first-order chi connectivity index (χ1) is 17.9. The highest BCUT2D eigenvalue weighted by atomic mass is 32.2. The number of phenolic OH excluding ortho intramolecular Hbond substituents is 1. The summed E-state index contributed by atoms with van der Waals surface area (Å²) in [6.07, 6.45) is 5.36. The number of hydrogen-bond donors (Lipinski definition) is 2. The third-order valence-corrected chi connectivity index (χ3v) is 10.0. The lowest BCUT2D eigenvalue weighted by molar-refractivity contribution is 0.357. The summed E-state index contributed by atoms with van der Waals surface area (Å²) in [6, 6.07) is 14.3. The maximum atomic E-state index is 12.7. The number of hydrogen-bond acceptors (Lipinski definition) is 9. The Morgan fingerprint density at radius 2 is 1.05 bits per heavy atom. The van der Waals surface area contributed by atoms with E-state index in [0.717, 1.165) is 49.9 Å². The third kappa shape index (κ3) is 7.04. The van der Waals surface area contributed by atoms with Crippen molar-refractivity contribution in [2.75, 3.05) is 6.54 Å². The van der Waals surface area contributed by atoms with Gasteiger partial charge in [-0.3, -0.25) is 0 Å². The molecule has 0 aromatic heterocycles. The molecule has 13 heteroatoms. The quantitative estimate of drug-likeness (QED) is 0.341. The van der Waals surface area contributed by atoms with Gasteiger partial charge in [0.05, 0.1) is 4.90 Å². The molecule has 0 unspecified atom stereocenters. The predicted molar refractivity (Wildman–Crippen MR) is 138 cm³/mol. The van der Waals surface area contributed by atoms with E-state index >= 15 is 0 Å². The zero-order chi connectivity index (χ0) is 27.4. The number of phenols is 1. The lowest BCUT2D eigenvalue weighted by Gasteiger charge is -2.21. The highest BCUT2D eigenvalue weighted by molar-refractivity contribution is 7.89. The number of sulfonamides is 1. The molecule has 0 aliphatic heterocycles. The van der Waals surface area contributed by atoms with Crippen LogP contribution in [0.3, 0.4) is 0 Å². The van der Waals surface area contributed by atoms with Crippen molar-refractivity contribution < 1.29 is 38.7 Å².